The number of ether oxygens (including phenoxy) is 1. The zero-order valence-electron chi connectivity index (χ0n) is 9.49. The smallest absolute Gasteiger partial charge is 0.431 e. The minimum atomic E-state index is -4.59. The molecule has 0 amide bonds. The number of benzene rings is 1. The quantitative estimate of drug-likeness (QED) is 0.574. The van der Waals surface area contributed by atoms with Crippen molar-refractivity contribution < 1.29 is 22.8 Å². The van der Waals surface area contributed by atoms with E-state index in [-0.39, 0.29) is 21.5 Å². The number of fused-ring (bicyclic) bond motifs is 1. The van der Waals surface area contributed by atoms with Gasteiger partial charge in [-0.3, -0.25) is 10.1 Å². The standard InChI is InChI=1S/C11H7BrF3NO3/c1-10(11(13,14)15)5-8(12)7-4-6(16(17)18)2-3-9(7)19-10/h2-5H,1H3. The van der Waals surface area contributed by atoms with Crippen LogP contribution in [-0.2, 0) is 0 Å². The van der Waals surface area contributed by atoms with E-state index in [0.717, 1.165) is 31.2 Å². The lowest BCUT2D eigenvalue weighted by Crippen LogP contribution is -2.47. The number of nitrogens with zero attached hydrogens (tertiary/aromatic N) is 1. The fourth-order valence-corrected chi connectivity index (χ4v) is 2.37. The Balaban J connectivity index is 2.53. The summed E-state index contributed by atoms with van der Waals surface area (Å²) < 4.78 is 43.7. The minimum absolute atomic E-state index is 0.0557. The molecule has 19 heavy (non-hydrogen) atoms. The number of hydrogen-bond donors (Lipinski definition) is 0. The minimum Gasteiger partial charge on any atom is -0.473 e. The number of alkyl halides is 3. The van der Waals surface area contributed by atoms with Gasteiger partial charge in [0.1, 0.15) is 5.75 Å². The third kappa shape index (κ3) is 2.32. The highest BCUT2D eigenvalue weighted by Crippen LogP contribution is 2.46. The lowest BCUT2D eigenvalue weighted by Gasteiger charge is -2.34. The van der Waals surface area contributed by atoms with Gasteiger partial charge in [0.25, 0.3) is 5.69 Å². The van der Waals surface area contributed by atoms with Crippen molar-refractivity contribution in [1.29, 1.82) is 0 Å². The van der Waals surface area contributed by atoms with E-state index in [9.17, 15) is 23.3 Å². The Morgan fingerprint density at radius 2 is 2.05 bits per heavy atom. The van der Waals surface area contributed by atoms with E-state index in [0.29, 0.717) is 0 Å². The van der Waals surface area contributed by atoms with Gasteiger partial charge in [-0.1, -0.05) is 15.9 Å². The molecule has 0 saturated carbocycles. The van der Waals surface area contributed by atoms with Gasteiger partial charge in [0.15, 0.2) is 0 Å². The third-order valence-electron chi connectivity index (χ3n) is 2.72. The van der Waals surface area contributed by atoms with Gasteiger partial charge in [-0.25, -0.2) is 0 Å². The number of rotatable bonds is 1. The van der Waals surface area contributed by atoms with Crippen LogP contribution in [0.5, 0.6) is 5.75 Å². The Kier molecular flexibility index (Phi) is 3.08. The number of non-ortho nitro benzene ring substituents is 1. The van der Waals surface area contributed by atoms with Gasteiger partial charge < -0.3 is 4.74 Å². The molecule has 1 heterocycles. The molecule has 1 aromatic rings. The highest BCUT2D eigenvalue weighted by atomic mass is 79.9. The fourth-order valence-electron chi connectivity index (χ4n) is 1.62. The SMILES string of the molecule is CC1(C(F)(F)F)C=C(Br)c2cc([N+](=O)[O-])ccc2O1. The molecule has 0 fully saturated rings. The van der Waals surface area contributed by atoms with Gasteiger partial charge in [0.2, 0.25) is 5.60 Å². The molecule has 4 nitrogen and oxygen atoms in total. The molecule has 0 bridgehead atoms. The van der Waals surface area contributed by atoms with Crippen LogP contribution in [0.15, 0.2) is 24.3 Å². The molecule has 0 N–H and O–H groups in total. The van der Waals surface area contributed by atoms with Crippen LogP contribution in [0.3, 0.4) is 0 Å². The molecule has 8 heteroatoms. The van der Waals surface area contributed by atoms with Gasteiger partial charge in [-0.15, -0.1) is 0 Å². The first-order valence-corrected chi connectivity index (χ1v) is 5.86. The maximum Gasteiger partial charge on any atom is 0.431 e. The van der Waals surface area contributed by atoms with Crippen molar-refractivity contribution in [3.05, 3.63) is 40.0 Å². The molecule has 1 aromatic carbocycles. The van der Waals surface area contributed by atoms with E-state index in [1.807, 2.05) is 0 Å². The van der Waals surface area contributed by atoms with Gasteiger partial charge >= 0.3 is 6.18 Å². The van der Waals surface area contributed by atoms with Crippen molar-refractivity contribution in [2.24, 2.45) is 0 Å². The van der Waals surface area contributed by atoms with Crippen LogP contribution in [0.2, 0.25) is 0 Å². The molecule has 1 atom stereocenters. The summed E-state index contributed by atoms with van der Waals surface area (Å²) in [5.74, 6) is -0.0557. The Labute approximate surface area is 114 Å². The average molecular weight is 338 g/mol. The Bertz CT molecular complexity index is 585. The molecule has 102 valence electrons. The summed E-state index contributed by atoms with van der Waals surface area (Å²) in [5.41, 5.74) is -2.46. The maximum absolute atomic E-state index is 12.9. The second-order valence-electron chi connectivity index (χ2n) is 4.14. The maximum atomic E-state index is 12.9. The van der Waals surface area contributed by atoms with Crippen molar-refractivity contribution in [1.82, 2.24) is 0 Å². The zero-order chi connectivity index (χ0) is 14.4. The van der Waals surface area contributed by atoms with E-state index in [4.69, 9.17) is 4.74 Å². The highest BCUT2D eigenvalue weighted by Gasteiger charge is 2.54. The summed E-state index contributed by atoms with van der Waals surface area (Å²) in [6, 6.07) is 3.42. The molecule has 1 aliphatic rings. The van der Waals surface area contributed by atoms with Crippen LogP contribution in [-0.4, -0.2) is 16.7 Å². The topological polar surface area (TPSA) is 52.4 Å². The second-order valence-corrected chi connectivity index (χ2v) is 4.99. The van der Waals surface area contributed by atoms with Crippen LogP contribution in [0.1, 0.15) is 12.5 Å². The van der Waals surface area contributed by atoms with Crippen LogP contribution in [0.25, 0.3) is 4.48 Å². The van der Waals surface area contributed by atoms with Crippen LogP contribution < -0.4 is 4.74 Å². The molecule has 2 rings (SSSR count). The Hall–Kier alpha value is -1.57. The lowest BCUT2D eigenvalue weighted by atomic mass is 9.99. The first-order chi connectivity index (χ1) is 8.64. The number of nitro groups is 1. The van der Waals surface area contributed by atoms with Crippen LogP contribution >= 0.6 is 15.9 Å². The van der Waals surface area contributed by atoms with Gasteiger partial charge in [-0.05, 0) is 19.1 Å². The number of nitro benzene ring substituents is 1. The van der Waals surface area contributed by atoms with E-state index in [1.54, 1.807) is 0 Å². The van der Waals surface area contributed by atoms with E-state index < -0.39 is 16.7 Å². The first-order valence-electron chi connectivity index (χ1n) is 5.07. The molecule has 0 radical (unpaired) electrons. The van der Waals surface area contributed by atoms with Gasteiger partial charge in [0.05, 0.1) is 4.92 Å². The van der Waals surface area contributed by atoms with E-state index >= 15 is 0 Å². The van der Waals surface area contributed by atoms with Crippen molar-refractivity contribution in [3.8, 4) is 5.75 Å². The van der Waals surface area contributed by atoms with E-state index in [1.165, 1.54) is 0 Å². The normalized spacial score (nSPS) is 22.3. The molecular formula is C11H7BrF3NO3. The third-order valence-corrected chi connectivity index (χ3v) is 3.37. The summed E-state index contributed by atoms with van der Waals surface area (Å²) >= 11 is 3.00. The van der Waals surface area contributed by atoms with Gasteiger partial charge in [-0.2, -0.15) is 13.2 Å². The zero-order valence-corrected chi connectivity index (χ0v) is 11.1. The van der Waals surface area contributed by atoms with Crippen molar-refractivity contribution in [3.63, 3.8) is 0 Å². The monoisotopic (exact) mass is 337 g/mol. The molecule has 0 aliphatic carbocycles. The molecule has 0 spiro atoms. The molecular weight excluding hydrogens is 331 g/mol. The fraction of sp³-hybridized carbons (Fsp3) is 0.273. The van der Waals surface area contributed by atoms with Crippen LogP contribution in [0.4, 0.5) is 18.9 Å². The largest absolute Gasteiger partial charge is 0.473 e. The predicted octanol–water partition coefficient (Wildman–Crippen LogP) is 4.04. The highest BCUT2D eigenvalue weighted by molar-refractivity contribution is 9.15. The van der Waals surface area contributed by atoms with E-state index in [2.05, 4.69) is 15.9 Å². The number of hydrogen-bond acceptors (Lipinski definition) is 3. The average Bonchev–Trinajstić information content (AvgIpc) is 2.26. The van der Waals surface area contributed by atoms with Crippen molar-refractivity contribution in [2.45, 2.75) is 18.7 Å². The number of halogens is 4. The molecule has 1 unspecified atom stereocenters. The molecule has 0 saturated heterocycles. The summed E-state index contributed by atoms with van der Waals surface area (Å²) in [6.45, 7) is 0.888. The second kappa shape index (κ2) is 4.22. The predicted molar refractivity (Wildman–Crippen MR) is 65.1 cm³/mol. The summed E-state index contributed by atoms with van der Waals surface area (Å²) in [6.07, 6.45) is -3.75. The Morgan fingerprint density at radius 1 is 1.42 bits per heavy atom. The summed E-state index contributed by atoms with van der Waals surface area (Å²) in [7, 11) is 0. The first kappa shape index (κ1) is 13.9. The van der Waals surface area contributed by atoms with Crippen LogP contribution in [0, 0.1) is 10.1 Å². The molecule has 0 aromatic heterocycles. The summed E-state index contributed by atoms with van der Waals surface area (Å²) in [4.78, 5) is 10.0. The van der Waals surface area contributed by atoms with Crippen molar-refractivity contribution >= 4 is 26.1 Å². The lowest BCUT2D eigenvalue weighted by molar-refractivity contribution is -0.384. The van der Waals surface area contributed by atoms with Gasteiger partial charge in [0, 0.05) is 22.2 Å². The molecule has 1 aliphatic heterocycles. The van der Waals surface area contributed by atoms with Crippen molar-refractivity contribution in [2.75, 3.05) is 0 Å². The Morgan fingerprint density at radius 3 is 2.58 bits per heavy atom. The summed E-state index contributed by atoms with van der Waals surface area (Å²) in [5, 5.41) is 10.6.